The van der Waals surface area contributed by atoms with Crippen molar-refractivity contribution in [3.63, 3.8) is 0 Å². The summed E-state index contributed by atoms with van der Waals surface area (Å²) in [6.07, 6.45) is 1.40. The van der Waals surface area contributed by atoms with E-state index in [0.717, 1.165) is 12.1 Å². The zero-order valence-corrected chi connectivity index (χ0v) is 16.2. The van der Waals surface area contributed by atoms with Gasteiger partial charge in [0.05, 0.1) is 4.88 Å². The first-order valence-corrected chi connectivity index (χ1v) is 9.89. The highest BCUT2D eigenvalue weighted by molar-refractivity contribution is 7.12. The zero-order valence-electron chi connectivity index (χ0n) is 15.4. The minimum Gasteiger partial charge on any atom is -0.339 e. The average molecular weight is 385 g/mol. The molecule has 1 fully saturated rings. The SMILES string of the molecule is CC(C)[C@H](NC(=O)c1cccs1)C(=O)Nc1cccc(N2CCCC2=O)c1. The number of hydrogen-bond donors (Lipinski definition) is 2. The molecule has 1 aliphatic heterocycles. The summed E-state index contributed by atoms with van der Waals surface area (Å²) in [7, 11) is 0. The average Bonchev–Trinajstić information content (AvgIpc) is 3.31. The predicted molar refractivity (Wildman–Crippen MR) is 107 cm³/mol. The largest absolute Gasteiger partial charge is 0.339 e. The molecule has 1 aromatic carbocycles. The van der Waals surface area contributed by atoms with Crippen LogP contribution < -0.4 is 15.5 Å². The molecule has 6 nitrogen and oxygen atoms in total. The molecule has 2 N–H and O–H groups in total. The summed E-state index contributed by atoms with van der Waals surface area (Å²) in [6, 6.07) is 10.1. The molecule has 2 heterocycles. The first-order chi connectivity index (χ1) is 13.0. The second kappa shape index (κ2) is 8.35. The van der Waals surface area contributed by atoms with Crippen LogP contribution >= 0.6 is 11.3 Å². The van der Waals surface area contributed by atoms with Crippen molar-refractivity contribution in [1.29, 1.82) is 0 Å². The van der Waals surface area contributed by atoms with Gasteiger partial charge in [-0.3, -0.25) is 14.4 Å². The third-order valence-electron chi connectivity index (χ3n) is 4.48. The van der Waals surface area contributed by atoms with Crippen molar-refractivity contribution >= 4 is 40.4 Å². The fraction of sp³-hybridized carbons (Fsp3) is 0.350. The van der Waals surface area contributed by atoms with Gasteiger partial charge in [-0.15, -0.1) is 11.3 Å². The molecule has 27 heavy (non-hydrogen) atoms. The molecule has 0 aliphatic carbocycles. The Morgan fingerprint density at radius 1 is 1.19 bits per heavy atom. The van der Waals surface area contributed by atoms with Crippen LogP contribution in [0.15, 0.2) is 41.8 Å². The Labute approximate surface area is 162 Å². The molecule has 2 aromatic rings. The van der Waals surface area contributed by atoms with Crippen LogP contribution in [0.25, 0.3) is 0 Å². The number of amides is 3. The van der Waals surface area contributed by atoms with Gasteiger partial charge in [0, 0.05) is 24.3 Å². The normalized spacial score (nSPS) is 15.1. The Balaban J connectivity index is 1.70. The number of hydrogen-bond acceptors (Lipinski definition) is 4. The Morgan fingerprint density at radius 2 is 2.00 bits per heavy atom. The monoisotopic (exact) mass is 385 g/mol. The fourth-order valence-electron chi connectivity index (χ4n) is 3.05. The van der Waals surface area contributed by atoms with E-state index in [4.69, 9.17) is 0 Å². The summed E-state index contributed by atoms with van der Waals surface area (Å²) in [4.78, 5) is 39.3. The lowest BCUT2D eigenvalue weighted by Gasteiger charge is -2.22. The Bertz CT molecular complexity index is 833. The van der Waals surface area contributed by atoms with E-state index in [0.29, 0.717) is 23.5 Å². The van der Waals surface area contributed by atoms with E-state index < -0.39 is 6.04 Å². The maximum atomic E-state index is 12.8. The first-order valence-electron chi connectivity index (χ1n) is 9.01. The Morgan fingerprint density at radius 3 is 2.63 bits per heavy atom. The van der Waals surface area contributed by atoms with Gasteiger partial charge >= 0.3 is 0 Å². The molecule has 7 heteroatoms. The Kier molecular flexibility index (Phi) is 5.91. The van der Waals surface area contributed by atoms with Crippen LogP contribution in [0.3, 0.4) is 0 Å². The van der Waals surface area contributed by atoms with Gasteiger partial charge in [0.25, 0.3) is 5.91 Å². The number of rotatable bonds is 6. The molecule has 0 bridgehead atoms. The molecule has 1 saturated heterocycles. The Hall–Kier alpha value is -2.67. The maximum Gasteiger partial charge on any atom is 0.262 e. The van der Waals surface area contributed by atoms with Gasteiger partial charge in [-0.25, -0.2) is 0 Å². The minimum absolute atomic E-state index is 0.0720. The number of anilines is 2. The van der Waals surface area contributed by atoms with Gasteiger partial charge in [0.1, 0.15) is 6.04 Å². The van der Waals surface area contributed by atoms with Crippen LogP contribution in [-0.4, -0.2) is 30.3 Å². The lowest BCUT2D eigenvalue weighted by molar-refractivity contribution is -0.119. The number of benzene rings is 1. The van der Waals surface area contributed by atoms with Gasteiger partial charge in [0.15, 0.2) is 0 Å². The van der Waals surface area contributed by atoms with E-state index in [1.54, 1.807) is 29.2 Å². The van der Waals surface area contributed by atoms with Crippen molar-refractivity contribution in [2.24, 2.45) is 5.92 Å². The van der Waals surface area contributed by atoms with Crippen molar-refractivity contribution < 1.29 is 14.4 Å². The number of nitrogens with zero attached hydrogens (tertiary/aromatic N) is 1. The van der Waals surface area contributed by atoms with Gasteiger partial charge in [-0.1, -0.05) is 26.0 Å². The number of carbonyl (C=O) groups is 3. The van der Waals surface area contributed by atoms with Crippen molar-refractivity contribution in [2.45, 2.75) is 32.7 Å². The summed E-state index contributed by atoms with van der Waals surface area (Å²) in [5.74, 6) is -0.505. The minimum atomic E-state index is -0.656. The molecular weight excluding hydrogens is 362 g/mol. The summed E-state index contributed by atoms with van der Waals surface area (Å²) < 4.78 is 0. The number of carbonyl (C=O) groups excluding carboxylic acids is 3. The molecule has 0 unspecified atom stereocenters. The molecule has 142 valence electrons. The molecule has 0 saturated carbocycles. The lowest BCUT2D eigenvalue weighted by Crippen LogP contribution is -2.46. The van der Waals surface area contributed by atoms with Crippen LogP contribution in [0.4, 0.5) is 11.4 Å². The second-order valence-electron chi connectivity index (χ2n) is 6.86. The van der Waals surface area contributed by atoms with Gasteiger partial charge < -0.3 is 15.5 Å². The van der Waals surface area contributed by atoms with E-state index in [-0.39, 0.29) is 23.6 Å². The smallest absolute Gasteiger partial charge is 0.262 e. The molecule has 3 amide bonds. The molecule has 0 radical (unpaired) electrons. The molecule has 1 aromatic heterocycles. The third kappa shape index (κ3) is 4.54. The van der Waals surface area contributed by atoms with Gasteiger partial charge in [0.2, 0.25) is 11.8 Å². The van der Waals surface area contributed by atoms with Crippen LogP contribution in [0.5, 0.6) is 0 Å². The number of thiophene rings is 1. The van der Waals surface area contributed by atoms with Crippen LogP contribution in [-0.2, 0) is 9.59 Å². The highest BCUT2D eigenvalue weighted by Gasteiger charge is 2.26. The van der Waals surface area contributed by atoms with Gasteiger partial charge in [-0.05, 0) is 42.0 Å². The van der Waals surface area contributed by atoms with Crippen molar-refractivity contribution in [3.8, 4) is 0 Å². The highest BCUT2D eigenvalue weighted by Crippen LogP contribution is 2.24. The fourth-order valence-corrected chi connectivity index (χ4v) is 3.67. The maximum absolute atomic E-state index is 12.8. The van der Waals surface area contributed by atoms with E-state index in [2.05, 4.69) is 10.6 Å². The summed E-state index contributed by atoms with van der Waals surface area (Å²) in [5.41, 5.74) is 1.38. The van der Waals surface area contributed by atoms with Crippen molar-refractivity contribution in [1.82, 2.24) is 5.32 Å². The molecule has 1 atom stereocenters. The van der Waals surface area contributed by atoms with Crippen LogP contribution in [0, 0.1) is 5.92 Å². The second-order valence-corrected chi connectivity index (χ2v) is 7.81. The zero-order chi connectivity index (χ0) is 19.4. The summed E-state index contributed by atoms with van der Waals surface area (Å²) >= 11 is 1.34. The van der Waals surface area contributed by atoms with Crippen molar-refractivity contribution in [2.75, 3.05) is 16.8 Å². The summed E-state index contributed by atoms with van der Waals surface area (Å²) in [5, 5.41) is 7.50. The van der Waals surface area contributed by atoms with Crippen LogP contribution in [0.1, 0.15) is 36.4 Å². The molecule has 3 rings (SSSR count). The first kappa shape index (κ1) is 19.1. The topological polar surface area (TPSA) is 78.5 Å². The molecule has 1 aliphatic rings. The van der Waals surface area contributed by atoms with Gasteiger partial charge in [-0.2, -0.15) is 0 Å². The van der Waals surface area contributed by atoms with E-state index in [1.165, 1.54) is 11.3 Å². The van der Waals surface area contributed by atoms with Crippen LogP contribution in [0.2, 0.25) is 0 Å². The molecular formula is C20H23N3O3S. The standard InChI is InChI=1S/C20H23N3O3S/c1-13(2)18(22-19(25)16-8-5-11-27-16)20(26)21-14-6-3-7-15(12-14)23-10-4-9-17(23)24/h3,5-8,11-13,18H,4,9-10H2,1-2H3,(H,21,26)(H,22,25)/t18-/m0/s1. The lowest BCUT2D eigenvalue weighted by atomic mass is 10.0. The number of nitrogens with one attached hydrogen (secondary N) is 2. The third-order valence-corrected chi connectivity index (χ3v) is 5.35. The van der Waals surface area contributed by atoms with E-state index in [1.807, 2.05) is 31.4 Å². The highest BCUT2D eigenvalue weighted by atomic mass is 32.1. The van der Waals surface area contributed by atoms with E-state index in [9.17, 15) is 14.4 Å². The quantitative estimate of drug-likeness (QED) is 0.801. The van der Waals surface area contributed by atoms with E-state index >= 15 is 0 Å². The van der Waals surface area contributed by atoms with Crippen molar-refractivity contribution in [3.05, 3.63) is 46.7 Å². The summed E-state index contributed by atoms with van der Waals surface area (Å²) in [6.45, 7) is 4.47. The predicted octanol–water partition coefficient (Wildman–Crippen LogP) is 3.27. The molecule has 0 spiro atoms.